The van der Waals surface area contributed by atoms with E-state index >= 15 is 0 Å². The fourth-order valence-corrected chi connectivity index (χ4v) is 1.54. The highest BCUT2D eigenvalue weighted by atomic mass is 16.5. The normalized spacial score (nSPS) is 18.5. The Labute approximate surface area is 86.1 Å². The number of carbonyl (C=O) groups excluding carboxylic acids is 1. The van der Waals surface area contributed by atoms with Crippen molar-refractivity contribution in [2.45, 2.75) is 26.7 Å². The zero-order valence-electron chi connectivity index (χ0n) is 9.41. The van der Waals surface area contributed by atoms with Gasteiger partial charge in [-0.25, -0.2) is 0 Å². The molecule has 1 fully saturated rings. The van der Waals surface area contributed by atoms with Crippen LogP contribution in [-0.4, -0.2) is 43.9 Å². The molecule has 0 amide bonds. The van der Waals surface area contributed by atoms with E-state index in [9.17, 15) is 0 Å². The van der Waals surface area contributed by atoms with Crippen molar-refractivity contribution in [3.8, 4) is 0 Å². The average Bonchev–Trinajstić information content (AvgIpc) is 2.48. The number of rotatable bonds is 3. The van der Waals surface area contributed by atoms with Gasteiger partial charge in [0, 0.05) is 25.4 Å². The molecule has 0 aliphatic carbocycles. The molecule has 0 aromatic carbocycles. The zero-order valence-corrected chi connectivity index (χ0v) is 9.41. The van der Waals surface area contributed by atoms with Gasteiger partial charge in [0.25, 0.3) is 0 Å². The van der Waals surface area contributed by atoms with Crippen LogP contribution in [-0.2, 0) is 9.53 Å². The molecule has 0 aromatic rings. The van der Waals surface area contributed by atoms with E-state index < -0.39 is 5.97 Å². The molecular formula is C10H21NO3. The Morgan fingerprint density at radius 3 is 2.21 bits per heavy atom. The lowest BCUT2D eigenvalue weighted by molar-refractivity contribution is -0.916. The van der Waals surface area contributed by atoms with Gasteiger partial charge in [-0.15, -0.1) is 0 Å². The maximum absolute atomic E-state index is 8.89. The van der Waals surface area contributed by atoms with Crippen molar-refractivity contribution >= 4 is 5.97 Å². The van der Waals surface area contributed by atoms with Crippen LogP contribution < -0.4 is 5.11 Å². The van der Waals surface area contributed by atoms with Crippen molar-refractivity contribution in [1.29, 1.82) is 0 Å². The number of carboxylic acid groups (broad SMARTS) is 1. The van der Waals surface area contributed by atoms with Crippen LogP contribution in [0.25, 0.3) is 0 Å². The summed E-state index contributed by atoms with van der Waals surface area (Å²) in [6.07, 6.45) is 2.76. The third-order valence-electron chi connectivity index (χ3n) is 2.25. The molecule has 0 aromatic heterocycles. The number of hydrogen-bond donors (Lipinski definition) is 0. The summed E-state index contributed by atoms with van der Waals surface area (Å²) in [7, 11) is 2.28. The molecule has 0 N–H and O–H groups in total. The molecule has 1 saturated heterocycles. The topological polar surface area (TPSA) is 49.4 Å². The van der Waals surface area contributed by atoms with Crippen molar-refractivity contribution in [2.24, 2.45) is 0 Å². The van der Waals surface area contributed by atoms with Gasteiger partial charge in [-0.05, 0) is 13.8 Å². The van der Waals surface area contributed by atoms with Crippen LogP contribution in [0.4, 0.5) is 0 Å². The van der Waals surface area contributed by atoms with Crippen LogP contribution in [0.15, 0.2) is 0 Å². The number of quaternary nitrogens is 1. The van der Waals surface area contributed by atoms with Crippen LogP contribution in [0.3, 0.4) is 0 Å². The maximum Gasteiger partial charge on any atom is 0.182 e. The van der Waals surface area contributed by atoms with E-state index in [1.165, 1.54) is 25.9 Å². The first-order valence-electron chi connectivity index (χ1n) is 5.09. The first kappa shape index (κ1) is 13.4. The van der Waals surface area contributed by atoms with E-state index in [0.717, 1.165) is 24.7 Å². The van der Waals surface area contributed by atoms with Gasteiger partial charge in [0.15, 0.2) is 6.73 Å². The van der Waals surface area contributed by atoms with Crippen molar-refractivity contribution in [3.05, 3.63) is 0 Å². The van der Waals surface area contributed by atoms with Gasteiger partial charge < -0.3 is 19.1 Å². The molecule has 0 saturated carbocycles. The molecule has 0 bridgehead atoms. The molecule has 0 radical (unpaired) electrons. The summed E-state index contributed by atoms with van der Waals surface area (Å²) in [5.41, 5.74) is 0. The molecule has 0 unspecified atom stereocenters. The highest BCUT2D eigenvalue weighted by Gasteiger charge is 2.26. The van der Waals surface area contributed by atoms with Gasteiger partial charge in [-0.3, -0.25) is 0 Å². The molecule has 0 spiro atoms. The fraction of sp³-hybridized carbons (Fsp3) is 0.900. The minimum Gasteiger partial charge on any atom is -0.550 e. The molecule has 1 aliphatic heterocycles. The number of ether oxygens (including phenoxy) is 1. The Balaban J connectivity index is 0.000000364. The zero-order chi connectivity index (χ0) is 11.0. The van der Waals surface area contributed by atoms with Crippen LogP contribution in [0.2, 0.25) is 0 Å². The van der Waals surface area contributed by atoms with Gasteiger partial charge in [-0.2, -0.15) is 0 Å². The summed E-state index contributed by atoms with van der Waals surface area (Å²) in [6.45, 7) is 7.41. The second-order valence-corrected chi connectivity index (χ2v) is 3.89. The van der Waals surface area contributed by atoms with E-state index in [1.807, 2.05) is 0 Å². The largest absolute Gasteiger partial charge is 0.550 e. The SMILES string of the molecule is CC(=O)[O-].CCOC[N+]1(C)CCCC1. The molecule has 4 nitrogen and oxygen atoms in total. The van der Waals surface area contributed by atoms with Crippen LogP contribution >= 0.6 is 0 Å². The maximum atomic E-state index is 8.89. The lowest BCUT2D eigenvalue weighted by atomic mass is 10.4. The summed E-state index contributed by atoms with van der Waals surface area (Å²) in [5.74, 6) is -1.08. The van der Waals surface area contributed by atoms with Crippen LogP contribution in [0, 0.1) is 0 Å². The molecule has 0 atom stereocenters. The minimum absolute atomic E-state index is 0.855. The van der Waals surface area contributed by atoms with E-state index in [0.29, 0.717) is 0 Å². The molecular weight excluding hydrogens is 182 g/mol. The van der Waals surface area contributed by atoms with Crippen molar-refractivity contribution < 1.29 is 19.1 Å². The Hall–Kier alpha value is -0.610. The van der Waals surface area contributed by atoms with E-state index in [4.69, 9.17) is 14.6 Å². The summed E-state index contributed by atoms with van der Waals surface area (Å²) < 4.78 is 6.53. The summed E-state index contributed by atoms with van der Waals surface area (Å²) in [6, 6.07) is 0. The monoisotopic (exact) mass is 203 g/mol. The number of aliphatic carboxylic acids is 1. The number of carbonyl (C=O) groups is 1. The molecule has 1 rings (SSSR count). The first-order chi connectivity index (χ1) is 6.50. The number of carboxylic acids is 1. The molecule has 4 heteroatoms. The molecule has 1 aliphatic rings. The number of nitrogens with zero attached hydrogens (tertiary/aromatic N) is 1. The van der Waals surface area contributed by atoms with E-state index in [1.54, 1.807) is 0 Å². The highest BCUT2D eigenvalue weighted by Crippen LogP contribution is 2.15. The minimum atomic E-state index is -1.08. The van der Waals surface area contributed by atoms with Crippen LogP contribution in [0.1, 0.15) is 26.7 Å². The predicted molar refractivity (Wildman–Crippen MR) is 52.3 cm³/mol. The quantitative estimate of drug-likeness (QED) is 0.606. The van der Waals surface area contributed by atoms with Crippen molar-refractivity contribution in [1.82, 2.24) is 0 Å². The van der Waals surface area contributed by atoms with Gasteiger partial charge in [0.2, 0.25) is 0 Å². The van der Waals surface area contributed by atoms with Gasteiger partial charge in [0.05, 0.1) is 20.1 Å². The second-order valence-electron chi connectivity index (χ2n) is 3.89. The third kappa shape index (κ3) is 6.86. The summed E-state index contributed by atoms with van der Waals surface area (Å²) in [5, 5.41) is 8.89. The number of hydrogen-bond acceptors (Lipinski definition) is 3. The fourth-order valence-electron chi connectivity index (χ4n) is 1.54. The average molecular weight is 203 g/mol. The standard InChI is InChI=1S/C8H18NO.C2H4O2/c1-3-10-8-9(2)6-4-5-7-9;1-2(3)4/h3-8H2,1-2H3;1H3,(H,3,4)/q+1;/p-1. The highest BCUT2D eigenvalue weighted by molar-refractivity contribution is 5.60. The molecule has 84 valence electrons. The van der Waals surface area contributed by atoms with E-state index in [2.05, 4.69) is 14.0 Å². The Morgan fingerprint density at radius 1 is 1.43 bits per heavy atom. The smallest absolute Gasteiger partial charge is 0.182 e. The lowest BCUT2D eigenvalue weighted by Gasteiger charge is -2.27. The summed E-state index contributed by atoms with van der Waals surface area (Å²) >= 11 is 0. The van der Waals surface area contributed by atoms with Crippen molar-refractivity contribution in [3.63, 3.8) is 0 Å². The van der Waals surface area contributed by atoms with Gasteiger partial charge in [0.1, 0.15) is 0 Å². The summed E-state index contributed by atoms with van der Waals surface area (Å²) in [4.78, 5) is 8.89. The second kappa shape index (κ2) is 6.79. The van der Waals surface area contributed by atoms with Crippen molar-refractivity contribution in [2.75, 3.05) is 33.5 Å². The van der Waals surface area contributed by atoms with E-state index in [-0.39, 0.29) is 0 Å². The van der Waals surface area contributed by atoms with Crippen LogP contribution in [0.5, 0.6) is 0 Å². The third-order valence-corrected chi connectivity index (χ3v) is 2.25. The first-order valence-corrected chi connectivity index (χ1v) is 5.09. The Morgan fingerprint density at radius 2 is 1.86 bits per heavy atom. The Kier molecular flexibility index (Phi) is 6.49. The molecule has 1 heterocycles. The lowest BCUT2D eigenvalue weighted by Crippen LogP contribution is -2.42. The van der Waals surface area contributed by atoms with Gasteiger partial charge >= 0.3 is 0 Å². The number of likely N-dealkylation sites (tertiary alicyclic amines) is 1. The van der Waals surface area contributed by atoms with Gasteiger partial charge in [-0.1, -0.05) is 0 Å². The predicted octanol–water partition coefficient (Wildman–Crippen LogP) is -0.0230. The Bertz CT molecular complexity index is 161. The molecule has 14 heavy (non-hydrogen) atoms.